The SMILES string of the molecule is CCOc1ccc(CC(=O)NCC2CCC(c3ncncc3-c3ccncc3)CC2)cc1. The summed E-state index contributed by atoms with van der Waals surface area (Å²) < 4.78 is 5.45. The third-order valence-electron chi connectivity index (χ3n) is 6.15. The lowest BCUT2D eigenvalue weighted by Crippen LogP contribution is -2.32. The fourth-order valence-electron chi connectivity index (χ4n) is 4.43. The molecule has 0 atom stereocenters. The molecule has 1 aliphatic rings. The molecule has 1 saturated carbocycles. The number of benzene rings is 1. The van der Waals surface area contributed by atoms with Gasteiger partial charge in [0.1, 0.15) is 12.1 Å². The van der Waals surface area contributed by atoms with Crippen molar-refractivity contribution in [2.24, 2.45) is 5.92 Å². The lowest BCUT2D eigenvalue weighted by molar-refractivity contribution is -0.120. The molecule has 1 N–H and O–H groups in total. The summed E-state index contributed by atoms with van der Waals surface area (Å²) in [4.78, 5) is 25.4. The number of nitrogens with one attached hydrogen (secondary N) is 1. The molecule has 1 amide bonds. The Kier molecular flexibility index (Phi) is 7.43. The third-order valence-corrected chi connectivity index (χ3v) is 6.15. The van der Waals surface area contributed by atoms with Crippen LogP contribution < -0.4 is 10.1 Å². The Labute approximate surface area is 189 Å². The molecule has 1 aromatic carbocycles. The average molecular weight is 431 g/mol. The van der Waals surface area contributed by atoms with Crippen molar-refractivity contribution < 1.29 is 9.53 Å². The largest absolute Gasteiger partial charge is 0.494 e. The molecule has 3 aromatic rings. The van der Waals surface area contributed by atoms with Gasteiger partial charge >= 0.3 is 0 Å². The van der Waals surface area contributed by atoms with Gasteiger partial charge < -0.3 is 10.1 Å². The molecule has 0 bridgehead atoms. The van der Waals surface area contributed by atoms with E-state index in [1.807, 2.05) is 49.5 Å². The molecule has 1 aliphatic carbocycles. The Bertz CT molecular complexity index is 1000. The second kappa shape index (κ2) is 10.8. The van der Waals surface area contributed by atoms with Gasteiger partial charge in [0.05, 0.1) is 18.7 Å². The number of carbonyl (C=O) groups is 1. The summed E-state index contributed by atoms with van der Waals surface area (Å²) in [5.41, 5.74) is 4.34. The number of amides is 1. The summed E-state index contributed by atoms with van der Waals surface area (Å²) in [7, 11) is 0. The molecule has 166 valence electrons. The van der Waals surface area contributed by atoms with E-state index in [0.717, 1.165) is 60.4 Å². The van der Waals surface area contributed by atoms with Crippen molar-refractivity contribution in [2.75, 3.05) is 13.2 Å². The van der Waals surface area contributed by atoms with Gasteiger partial charge in [0, 0.05) is 36.6 Å². The first kappa shape index (κ1) is 21.9. The van der Waals surface area contributed by atoms with E-state index in [1.165, 1.54) is 0 Å². The normalized spacial score (nSPS) is 18.2. The highest BCUT2D eigenvalue weighted by Gasteiger charge is 2.25. The van der Waals surface area contributed by atoms with E-state index in [0.29, 0.717) is 24.9 Å². The van der Waals surface area contributed by atoms with E-state index in [1.54, 1.807) is 18.7 Å². The Hall–Kier alpha value is -3.28. The zero-order chi connectivity index (χ0) is 22.2. The molecule has 1 fully saturated rings. The summed E-state index contributed by atoms with van der Waals surface area (Å²) in [5.74, 6) is 1.86. The first-order valence-corrected chi connectivity index (χ1v) is 11.4. The van der Waals surface area contributed by atoms with Crippen molar-refractivity contribution in [3.05, 3.63) is 72.6 Å². The Morgan fingerprint density at radius 2 is 1.78 bits per heavy atom. The van der Waals surface area contributed by atoms with E-state index < -0.39 is 0 Å². The van der Waals surface area contributed by atoms with E-state index >= 15 is 0 Å². The number of nitrogens with zero attached hydrogens (tertiary/aromatic N) is 3. The maximum atomic E-state index is 12.4. The molecular weight excluding hydrogens is 400 g/mol. The first-order chi connectivity index (χ1) is 15.7. The van der Waals surface area contributed by atoms with Gasteiger partial charge in [-0.1, -0.05) is 12.1 Å². The highest BCUT2D eigenvalue weighted by atomic mass is 16.5. The van der Waals surface area contributed by atoms with Gasteiger partial charge in [0.25, 0.3) is 0 Å². The molecule has 0 unspecified atom stereocenters. The second-order valence-electron chi connectivity index (χ2n) is 8.33. The Morgan fingerprint density at radius 3 is 2.50 bits per heavy atom. The van der Waals surface area contributed by atoms with Crippen molar-refractivity contribution in [3.63, 3.8) is 0 Å². The number of hydrogen-bond acceptors (Lipinski definition) is 5. The molecule has 2 heterocycles. The standard InChI is InChI=1S/C26H30N4O2/c1-2-32-23-9-5-19(6-10-23)15-25(31)29-16-20-3-7-22(8-4-20)26-24(17-28-18-30-26)21-11-13-27-14-12-21/h5-6,9-14,17-18,20,22H,2-4,7-8,15-16H2,1H3,(H,29,31). The van der Waals surface area contributed by atoms with Crippen LogP contribution >= 0.6 is 0 Å². The lowest BCUT2D eigenvalue weighted by atomic mass is 9.79. The maximum absolute atomic E-state index is 12.4. The smallest absolute Gasteiger partial charge is 0.224 e. The number of ether oxygens (including phenoxy) is 1. The van der Waals surface area contributed by atoms with Crippen molar-refractivity contribution in [2.45, 2.75) is 44.9 Å². The maximum Gasteiger partial charge on any atom is 0.224 e. The first-order valence-electron chi connectivity index (χ1n) is 11.4. The molecule has 0 radical (unpaired) electrons. The molecule has 32 heavy (non-hydrogen) atoms. The molecule has 4 rings (SSSR count). The van der Waals surface area contributed by atoms with Gasteiger partial charge in [-0.15, -0.1) is 0 Å². The van der Waals surface area contributed by atoms with Crippen molar-refractivity contribution in [1.82, 2.24) is 20.3 Å². The van der Waals surface area contributed by atoms with Crippen molar-refractivity contribution in [3.8, 4) is 16.9 Å². The molecule has 6 nitrogen and oxygen atoms in total. The van der Waals surface area contributed by atoms with Crippen LogP contribution in [0.4, 0.5) is 0 Å². The minimum absolute atomic E-state index is 0.0760. The summed E-state index contributed by atoms with van der Waals surface area (Å²) in [6.07, 6.45) is 11.9. The van der Waals surface area contributed by atoms with Gasteiger partial charge in [-0.2, -0.15) is 0 Å². The molecule has 0 spiro atoms. The van der Waals surface area contributed by atoms with E-state index in [2.05, 4.69) is 20.3 Å². The van der Waals surface area contributed by atoms with Crippen LogP contribution in [0.15, 0.2) is 61.3 Å². The number of pyridine rings is 1. The molecule has 0 aliphatic heterocycles. The topological polar surface area (TPSA) is 77.0 Å². The highest BCUT2D eigenvalue weighted by molar-refractivity contribution is 5.78. The number of aromatic nitrogens is 3. The fourth-order valence-corrected chi connectivity index (χ4v) is 4.43. The zero-order valence-electron chi connectivity index (χ0n) is 18.5. The number of carbonyl (C=O) groups excluding carboxylic acids is 1. The van der Waals surface area contributed by atoms with Crippen LogP contribution in [0.25, 0.3) is 11.1 Å². The molecule has 6 heteroatoms. The van der Waals surface area contributed by atoms with Gasteiger partial charge in [-0.25, -0.2) is 9.97 Å². The number of hydrogen-bond donors (Lipinski definition) is 1. The van der Waals surface area contributed by atoms with E-state index in [9.17, 15) is 4.79 Å². The minimum Gasteiger partial charge on any atom is -0.494 e. The summed E-state index contributed by atoms with van der Waals surface area (Å²) >= 11 is 0. The van der Waals surface area contributed by atoms with E-state index in [4.69, 9.17) is 4.74 Å². The fraction of sp³-hybridized carbons (Fsp3) is 0.385. The van der Waals surface area contributed by atoms with Gasteiger partial charge in [0.2, 0.25) is 5.91 Å². The quantitative estimate of drug-likeness (QED) is 0.566. The summed E-state index contributed by atoms with van der Waals surface area (Å²) in [5, 5.41) is 3.13. The third kappa shape index (κ3) is 5.69. The monoisotopic (exact) mass is 430 g/mol. The van der Waals surface area contributed by atoms with Gasteiger partial charge in [-0.3, -0.25) is 9.78 Å². The van der Waals surface area contributed by atoms with Gasteiger partial charge in [0.15, 0.2) is 0 Å². The van der Waals surface area contributed by atoms with Crippen molar-refractivity contribution >= 4 is 5.91 Å². The second-order valence-corrected chi connectivity index (χ2v) is 8.33. The molecule has 2 aromatic heterocycles. The summed E-state index contributed by atoms with van der Waals surface area (Å²) in [6.45, 7) is 3.34. The van der Waals surface area contributed by atoms with Crippen LogP contribution in [0.1, 0.15) is 49.8 Å². The predicted molar refractivity (Wildman–Crippen MR) is 124 cm³/mol. The Morgan fingerprint density at radius 1 is 1.03 bits per heavy atom. The lowest BCUT2D eigenvalue weighted by Gasteiger charge is -2.29. The van der Waals surface area contributed by atoms with Crippen LogP contribution in [-0.4, -0.2) is 34.0 Å². The van der Waals surface area contributed by atoms with E-state index in [-0.39, 0.29) is 5.91 Å². The van der Waals surface area contributed by atoms with Gasteiger partial charge in [-0.05, 0) is 73.9 Å². The summed E-state index contributed by atoms with van der Waals surface area (Å²) in [6, 6.07) is 11.8. The van der Waals surface area contributed by atoms with Crippen LogP contribution in [0.5, 0.6) is 5.75 Å². The minimum atomic E-state index is 0.0760. The number of rotatable bonds is 8. The highest BCUT2D eigenvalue weighted by Crippen LogP contribution is 2.38. The van der Waals surface area contributed by atoms with Crippen LogP contribution in [0.3, 0.4) is 0 Å². The van der Waals surface area contributed by atoms with Crippen LogP contribution in [0, 0.1) is 5.92 Å². The van der Waals surface area contributed by atoms with Crippen LogP contribution in [0.2, 0.25) is 0 Å². The zero-order valence-corrected chi connectivity index (χ0v) is 18.5. The molecular formula is C26H30N4O2. The average Bonchev–Trinajstić information content (AvgIpc) is 2.85. The molecule has 0 saturated heterocycles. The Balaban J connectivity index is 1.26. The van der Waals surface area contributed by atoms with Crippen LogP contribution in [-0.2, 0) is 11.2 Å². The van der Waals surface area contributed by atoms with Crippen molar-refractivity contribution in [1.29, 1.82) is 0 Å². The predicted octanol–water partition coefficient (Wildman–Crippen LogP) is 4.57.